The molecule has 0 aromatic heterocycles. The van der Waals surface area contributed by atoms with E-state index in [1.54, 1.807) is 0 Å². The first-order valence-corrected chi connectivity index (χ1v) is 5.76. The van der Waals surface area contributed by atoms with E-state index in [0.29, 0.717) is 12.8 Å². The highest BCUT2D eigenvalue weighted by Gasteiger charge is 2.50. The molecule has 1 aliphatic carbocycles. The van der Waals surface area contributed by atoms with Crippen LogP contribution in [0.3, 0.4) is 0 Å². The van der Waals surface area contributed by atoms with Crippen LogP contribution < -0.4 is 4.74 Å². The molecule has 1 fully saturated rings. The fraction of sp³-hybridized carbons (Fsp3) is 0.417. The smallest absolute Gasteiger partial charge is 0.304 e. The number of hydrogen-bond donors (Lipinski definition) is 2. The van der Waals surface area contributed by atoms with Crippen LogP contribution in [0.25, 0.3) is 0 Å². The zero-order valence-electron chi connectivity index (χ0n) is 9.67. The molecule has 0 saturated heterocycles. The zero-order chi connectivity index (χ0) is 13.5. The number of aliphatic carboxylic acids is 1. The summed E-state index contributed by atoms with van der Waals surface area (Å²) in [5.41, 5.74) is -0.749. The number of rotatable bonds is 4. The first kappa shape index (κ1) is 13.0. The van der Waals surface area contributed by atoms with E-state index in [1.807, 2.05) is 0 Å². The lowest BCUT2D eigenvalue weighted by Gasteiger charge is -2.19. The van der Waals surface area contributed by atoms with Gasteiger partial charge in [0.2, 0.25) is 0 Å². The van der Waals surface area contributed by atoms with Crippen molar-refractivity contribution in [2.75, 3.05) is 7.11 Å². The SMILES string of the molecule is COc1c(O)cc(Cl)c(F)c1C1(CC(=O)O)CC1. The Balaban J connectivity index is 2.59. The third kappa shape index (κ3) is 1.99. The number of aromatic hydroxyl groups is 1. The summed E-state index contributed by atoms with van der Waals surface area (Å²) in [4.78, 5) is 10.9. The molecule has 4 nitrogen and oxygen atoms in total. The Bertz CT molecular complexity index is 511. The van der Waals surface area contributed by atoms with Crippen LogP contribution in [0, 0.1) is 5.82 Å². The molecular formula is C12H12ClFO4. The lowest BCUT2D eigenvalue weighted by molar-refractivity contribution is -0.137. The summed E-state index contributed by atoms with van der Waals surface area (Å²) in [7, 11) is 1.29. The third-order valence-electron chi connectivity index (χ3n) is 3.23. The van der Waals surface area contributed by atoms with E-state index in [4.69, 9.17) is 21.4 Å². The average molecular weight is 275 g/mol. The van der Waals surface area contributed by atoms with Crippen molar-refractivity contribution in [2.45, 2.75) is 24.7 Å². The van der Waals surface area contributed by atoms with Gasteiger partial charge in [0.1, 0.15) is 5.82 Å². The molecule has 1 aromatic carbocycles. The molecular weight excluding hydrogens is 263 g/mol. The van der Waals surface area contributed by atoms with Crippen LogP contribution in [-0.4, -0.2) is 23.3 Å². The van der Waals surface area contributed by atoms with Gasteiger partial charge in [0, 0.05) is 17.0 Å². The number of phenolic OH excluding ortho intramolecular Hbond substituents is 1. The monoisotopic (exact) mass is 274 g/mol. The Morgan fingerprint density at radius 1 is 1.61 bits per heavy atom. The Morgan fingerprint density at radius 3 is 2.67 bits per heavy atom. The van der Waals surface area contributed by atoms with Gasteiger partial charge in [-0.25, -0.2) is 4.39 Å². The van der Waals surface area contributed by atoms with Crippen molar-refractivity contribution in [3.05, 3.63) is 22.5 Å². The number of carboxylic acids is 1. The standard InChI is InChI=1S/C12H12ClFO4/c1-18-11-7(15)4-6(13)10(14)9(11)12(2-3-12)5-8(16)17/h4,15H,2-3,5H2,1H3,(H,16,17). The Kier molecular flexibility index (Phi) is 3.11. The lowest BCUT2D eigenvalue weighted by atomic mass is 9.90. The molecule has 1 aromatic rings. The highest BCUT2D eigenvalue weighted by atomic mass is 35.5. The van der Waals surface area contributed by atoms with Crippen LogP contribution >= 0.6 is 11.6 Å². The van der Waals surface area contributed by atoms with Gasteiger partial charge in [-0.2, -0.15) is 0 Å². The van der Waals surface area contributed by atoms with Gasteiger partial charge in [0.15, 0.2) is 11.5 Å². The second kappa shape index (κ2) is 4.31. The van der Waals surface area contributed by atoms with Gasteiger partial charge in [0.05, 0.1) is 18.6 Å². The molecule has 0 aliphatic heterocycles. The first-order chi connectivity index (χ1) is 8.41. The summed E-state index contributed by atoms with van der Waals surface area (Å²) in [6.45, 7) is 0. The zero-order valence-corrected chi connectivity index (χ0v) is 10.4. The molecule has 2 rings (SSSR count). The largest absolute Gasteiger partial charge is 0.504 e. The fourth-order valence-corrected chi connectivity index (χ4v) is 2.43. The molecule has 2 N–H and O–H groups in total. The number of carboxylic acid groups (broad SMARTS) is 1. The Hall–Kier alpha value is -1.49. The number of halogens is 2. The maximum Gasteiger partial charge on any atom is 0.304 e. The topological polar surface area (TPSA) is 66.8 Å². The quantitative estimate of drug-likeness (QED) is 0.886. The van der Waals surface area contributed by atoms with Gasteiger partial charge < -0.3 is 14.9 Å². The second-order valence-electron chi connectivity index (χ2n) is 4.45. The van der Waals surface area contributed by atoms with E-state index in [1.165, 1.54) is 7.11 Å². The first-order valence-electron chi connectivity index (χ1n) is 5.38. The maximum absolute atomic E-state index is 14.1. The molecule has 0 heterocycles. The highest BCUT2D eigenvalue weighted by molar-refractivity contribution is 6.31. The fourth-order valence-electron chi connectivity index (χ4n) is 2.23. The summed E-state index contributed by atoms with van der Waals surface area (Å²) < 4.78 is 19.1. The van der Waals surface area contributed by atoms with E-state index in [-0.39, 0.29) is 28.5 Å². The molecule has 6 heteroatoms. The average Bonchev–Trinajstić information content (AvgIpc) is 3.02. The van der Waals surface area contributed by atoms with Crippen molar-refractivity contribution < 1.29 is 24.1 Å². The molecule has 1 saturated carbocycles. The van der Waals surface area contributed by atoms with Crippen molar-refractivity contribution in [2.24, 2.45) is 0 Å². The third-order valence-corrected chi connectivity index (χ3v) is 3.50. The van der Waals surface area contributed by atoms with Crippen LogP contribution in [0.4, 0.5) is 4.39 Å². The number of benzene rings is 1. The van der Waals surface area contributed by atoms with Crippen molar-refractivity contribution in [3.63, 3.8) is 0 Å². The number of hydrogen-bond acceptors (Lipinski definition) is 3. The Morgan fingerprint density at radius 2 is 2.22 bits per heavy atom. The normalized spacial score (nSPS) is 16.4. The van der Waals surface area contributed by atoms with E-state index < -0.39 is 17.2 Å². The number of phenols is 1. The van der Waals surface area contributed by atoms with Crippen LogP contribution in [0.1, 0.15) is 24.8 Å². The summed E-state index contributed by atoms with van der Waals surface area (Å²) in [6.07, 6.45) is 0.860. The van der Waals surface area contributed by atoms with Crippen molar-refractivity contribution in [1.82, 2.24) is 0 Å². The molecule has 0 spiro atoms. The summed E-state index contributed by atoms with van der Waals surface area (Å²) >= 11 is 5.68. The molecule has 1 aliphatic rings. The number of carbonyl (C=O) groups is 1. The number of methoxy groups -OCH3 is 1. The lowest BCUT2D eigenvalue weighted by Crippen LogP contribution is -2.16. The minimum atomic E-state index is -1.02. The Labute approximate surface area is 108 Å². The molecule has 98 valence electrons. The predicted octanol–water partition coefficient (Wildman–Crippen LogP) is 2.70. The van der Waals surface area contributed by atoms with Gasteiger partial charge in [-0.15, -0.1) is 0 Å². The van der Waals surface area contributed by atoms with E-state index in [9.17, 15) is 14.3 Å². The van der Waals surface area contributed by atoms with Gasteiger partial charge in [-0.05, 0) is 12.8 Å². The van der Waals surface area contributed by atoms with E-state index in [0.717, 1.165) is 6.07 Å². The summed E-state index contributed by atoms with van der Waals surface area (Å²) in [5.74, 6) is -2.05. The van der Waals surface area contributed by atoms with Crippen LogP contribution in [0.5, 0.6) is 11.5 Å². The molecule has 0 bridgehead atoms. The number of ether oxygens (including phenoxy) is 1. The molecule has 0 atom stereocenters. The highest BCUT2D eigenvalue weighted by Crippen LogP contribution is 2.57. The van der Waals surface area contributed by atoms with Gasteiger partial charge in [-0.1, -0.05) is 11.6 Å². The van der Waals surface area contributed by atoms with Gasteiger partial charge in [-0.3, -0.25) is 4.79 Å². The molecule has 18 heavy (non-hydrogen) atoms. The van der Waals surface area contributed by atoms with E-state index >= 15 is 0 Å². The van der Waals surface area contributed by atoms with Crippen molar-refractivity contribution in [3.8, 4) is 11.5 Å². The van der Waals surface area contributed by atoms with Gasteiger partial charge in [0.25, 0.3) is 0 Å². The van der Waals surface area contributed by atoms with Gasteiger partial charge >= 0.3 is 5.97 Å². The minimum Gasteiger partial charge on any atom is -0.504 e. The minimum absolute atomic E-state index is 0.0318. The summed E-state index contributed by atoms with van der Waals surface area (Å²) in [6, 6.07) is 1.05. The van der Waals surface area contributed by atoms with E-state index in [2.05, 4.69) is 0 Å². The van der Waals surface area contributed by atoms with Crippen molar-refractivity contribution in [1.29, 1.82) is 0 Å². The van der Waals surface area contributed by atoms with Crippen LogP contribution in [-0.2, 0) is 10.2 Å². The molecule has 0 radical (unpaired) electrons. The molecule has 0 amide bonds. The van der Waals surface area contributed by atoms with Crippen LogP contribution in [0.2, 0.25) is 5.02 Å². The summed E-state index contributed by atoms with van der Waals surface area (Å²) in [5, 5.41) is 18.3. The maximum atomic E-state index is 14.1. The van der Waals surface area contributed by atoms with Crippen LogP contribution in [0.15, 0.2) is 6.07 Å². The molecule has 0 unspecified atom stereocenters. The predicted molar refractivity (Wildman–Crippen MR) is 62.8 cm³/mol. The second-order valence-corrected chi connectivity index (χ2v) is 4.86. The van der Waals surface area contributed by atoms with Crippen molar-refractivity contribution >= 4 is 17.6 Å².